The number of hydrogen-bond acceptors (Lipinski definition) is 4. The van der Waals surface area contributed by atoms with E-state index < -0.39 is 0 Å². The van der Waals surface area contributed by atoms with Crippen molar-refractivity contribution in [1.82, 2.24) is 15.1 Å². The molecule has 0 radical (unpaired) electrons. The normalized spacial score (nSPS) is 10.7. The molecule has 0 saturated heterocycles. The van der Waals surface area contributed by atoms with E-state index in [9.17, 15) is 5.11 Å². The maximum atomic E-state index is 9.73. The monoisotopic (exact) mass is 261 g/mol. The summed E-state index contributed by atoms with van der Waals surface area (Å²) in [5.74, 6) is 0.690. The maximum Gasteiger partial charge on any atom is 0.262 e. The second-order valence-corrected chi connectivity index (χ2v) is 4.10. The summed E-state index contributed by atoms with van der Waals surface area (Å²) >= 11 is 5.87. The Morgan fingerprint density at radius 3 is 2.94 bits per heavy atom. The van der Waals surface area contributed by atoms with E-state index in [1.165, 1.54) is 6.07 Å². The van der Waals surface area contributed by atoms with Crippen LogP contribution in [0, 0.1) is 0 Å². The quantitative estimate of drug-likeness (QED) is 0.743. The van der Waals surface area contributed by atoms with Crippen molar-refractivity contribution in [2.75, 3.05) is 0 Å². The molecule has 18 heavy (non-hydrogen) atoms. The number of phenols is 1. The molecular formula is C12H8ClN3O2. The molecule has 2 heterocycles. The highest BCUT2D eigenvalue weighted by Crippen LogP contribution is 2.31. The van der Waals surface area contributed by atoms with E-state index in [-0.39, 0.29) is 11.6 Å². The molecule has 5 nitrogen and oxygen atoms in total. The predicted molar refractivity (Wildman–Crippen MR) is 66.2 cm³/mol. The van der Waals surface area contributed by atoms with E-state index in [1.807, 2.05) is 12.1 Å². The lowest BCUT2D eigenvalue weighted by Crippen LogP contribution is -1.81. The van der Waals surface area contributed by atoms with Crippen molar-refractivity contribution in [3.8, 4) is 28.7 Å². The van der Waals surface area contributed by atoms with Gasteiger partial charge in [-0.3, -0.25) is 0 Å². The van der Waals surface area contributed by atoms with E-state index in [0.717, 1.165) is 5.69 Å². The third-order valence-electron chi connectivity index (χ3n) is 2.45. The lowest BCUT2D eigenvalue weighted by molar-refractivity contribution is 0.425. The molecule has 2 N–H and O–H groups in total. The first-order valence-corrected chi connectivity index (χ1v) is 5.58. The number of aromatic amines is 1. The summed E-state index contributed by atoms with van der Waals surface area (Å²) in [7, 11) is 0. The van der Waals surface area contributed by atoms with Crippen LogP contribution in [-0.2, 0) is 0 Å². The average Bonchev–Trinajstić information content (AvgIpc) is 3.00. The molecular weight excluding hydrogens is 254 g/mol. The molecule has 0 fully saturated rings. The zero-order valence-corrected chi connectivity index (χ0v) is 9.85. The number of rotatable bonds is 2. The van der Waals surface area contributed by atoms with Gasteiger partial charge in [0.2, 0.25) is 5.82 Å². The molecule has 0 saturated carbocycles. The van der Waals surface area contributed by atoms with Gasteiger partial charge < -0.3 is 14.6 Å². The second kappa shape index (κ2) is 4.19. The summed E-state index contributed by atoms with van der Waals surface area (Å²) in [6.07, 6.45) is 1.77. The number of hydrogen-bond donors (Lipinski definition) is 2. The molecule has 0 unspecified atom stereocenters. The van der Waals surface area contributed by atoms with Gasteiger partial charge in [0.25, 0.3) is 5.89 Å². The number of H-pyrrole nitrogens is 1. The average molecular weight is 262 g/mol. The van der Waals surface area contributed by atoms with Crippen LogP contribution < -0.4 is 0 Å². The van der Waals surface area contributed by atoms with Crippen molar-refractivity contribution < 1.29 is 9.63 Å². The molecule has 90 valence electrons. The fraction of sp³-hybridized carbons (Fsp3) is 0. The van der Waals surface area contributed by atoms with Crippen LogP contribution in [0.3, 0.4) is 0 Å². The van der Waals surface area contributed by atoms with E-state index in [2.05, 4.69) is 15.1 Å². The fourth-order valence-electron chi connectivity index (χ4n) is 1.59. The minimum Gasteiger partial charge on any atom is -0.507 e. The van der Waals surface area contributed by atoms with E-state index in [1.54, 1.807) is 18.3 Å². The smallest absolute Gasteiger partial charge is 0.262 e. The van der Waals surface area contributed by atoms with E-state index in [0.29, 0.717) is 16.4 Å². The number of halogens is 1. The van der Waals surface area contributed by atoms with Crippen molar-refractivity contribution in [3.05, 3.63) is 41.6 Å². The molecule has 3 aromatic rings. The summed E-state index contributed by atoms with van der Waals surface area (Å²) in [6.45, 7) is 0. The fourth-order valence-corrected chi connectivity index (χ4v) is 1.76. The number of phenolic OH excluding ortho intramolecular Hbond substituents is 1. The summed E-state index contributed by atoms with van der Waals surface area (Å²) in [5.41, 5.74) is 1.15. The Bertz CT molecular complexity index is 676. The first-order chi connectivity index (χ1) is 8.74. The molecule has 0 spiro atoms. The third-order valence-corrected chi connectivity index (χ3v) is 2.69. The topological polar surface area (TPSA) is 74.9 Å². The Labute approximate surface area is 107 Å². The largest absolute Gasteiger partial charge is 0.507 e. The molecule has 0 amide bonds. The van der Waals surface area contributed by atoms with Gasteiger partial charge in [0.1, 0.15) is 5.75 Å². The first-order valence-electron chi connectivity index (χ1n) is 5.20. The zero-order valence-electron chi connectivity index (χ0n) is 9.09. The van der Waals surface area contributed by atoms with Gasteiger partial charge in [0, 0.05) is 11.2 Å². The minimum absolute atomic E-state index is 0.0427. The van der Waals surface area contributed by atoms with Crippen molar-refractivity contribution >= 4 is 11.6 Å². The molecule has 0 aliphatic carbocycles. The molecule has 0 atom stereocenters. The second-order valence-electron chi connectivity index (χ2n) is 3.67. The summed E-state index contributed by atoms with van der Waals surface area (Å²) < 4.78 is 5.11. The van der Waals surface area contributed by atoms with E-state index in [4.69, 9.17) is 16.1 Å². The van der Waals surface area contributed by atoms with Crippen LogP contribution in [0.25, 0.3) is 23.0 Å². The Hall–Kier alpha value is -2.27. The molecule has 6 heteroatoms. The molecule has 0 aliphatic rings. The van der Waals surface area contributed by atoms with Crippen LogP contribution in [0.15, 0.2) is 41.1 Å². The maximum absolute atomic E-state index is 9.73. The van der Waals surface area contributed by atoms with Gasteiger partial charge in [-0.05, 0) is 30.3 Å². The molecule has 1 aromatic carbocycles. The summed E-state index contributed by atoms with van der Waals surface area (Å²) in [4.78, 5) is 7.17. The Morgan fingerprint density at radius 2 is 2.17 bits per heavy atom. The minimum atomic E-state index is 0.0427. The van der Waals surface area contributed by atoms with Crippen LogP contribution in [-0.4, -0.2) is 20.2 Å². The van der Waals surface area contributed by atoms with Gasteiger partial charge in [-0.2, -0.15) is 4.98 Å². The van der Waals surface area contributed by atoms with Gasteiger partial charge in [-0.1, -0.05) is 16.8 Å². The van der Waals surface area contributed by atoms with E-state index >= 15 is 0 Å². The van der Waals surface area contributed by atoms with Crippen LogP contribution >= 0.6 is 11.6 Å². The lowest BCUT2D eigenvalue weighted by atomic mass is 10.2. The number of nitrogens with zero attached hydrogens (tertiary/aromatic N) is 2. The first kappa shape index (κ1) is 10.9. The van der Waals surface area contributed by atoms with Gasteiger partial charge >= 0.3 is 0 Å². The number of aromatic hydroxyl groups is 1. The van der Waals surface area contributed by atoms with Gasteiger partial charge in [-0.25, -0.2) is 0 Å². The molecule has 0 aliphatic heterocycles. The Morgan fingerprint density at radius 1 is 1.28 bits per heavy atom. The van der Waals surface area contributed by atoms with Crippen LogP contribution in [0.1, 0.15) is 0 Å². The van der Waals surface area contributed by atoms with Crippen molar-refractivity contribution in [3.63, 3.8) is 0 Å². The van der Waals surface area contributed by atoms with Crippen molar-refractivity contribution in [2.24, 2.45) is 0 Å². The molecule has 3 rings (SSSR count). The number of aromatic nitrogens is 3. The van der Waals surface area contributed by atoms with Crippen LogP contribution in [0.2, 0.25) is 5.02 Å². The SMILES string of the molecule is Oc1ccc(Cl)cc1-c1nc(-c2ccc[nH]2)no1. The number of nitrogens with one attached hydrogen (secondary N) is 1. The molecule has 2 aromatic heterocycles. The van der Waals surface area contributed by atoms with Crippen LogP contribution in [0.5, 0.6) is 5.75 Å². The zero-order chi connectivity index (χ0) is 12.5. The highest BCUT2D eigenvalue weighted by Gasteiger charge is 2.14. The number of benzene rings is 1. The van der Waals surface area contributed by atoms with Gasteiger partial charge in [-0.15, -0.1) is 0 Å². The predicted octanol–water partition coefficient (Wildman–Crippen LogP) is 3.09. The molecule has 0 bridgehead atoms. The lowest BCUT2D eigenvalue weighted by Gasteiger charge is -1.98. The highest BCUT2D eigenvalue weighted by molar-refractivity contribution is 6.30. The van der Waals surface area contributed by atoms with Crippen molar-refractivity contribution in [1.29, 1.82) is 0 Å². The highest BCUT2D eigenvalue weighted by atomic mass is 35.5. The van der Waals surface area contributed by atoms with Crippen molar-refractivity contribution in [2.45, 2.75) is 0 Å². The van der Waals surface area contributed by atoms with Gasteiger partial charge in [0.05, 0.1) is 11.3 Å². The third kappa shape index (κ3) is 1.84. The summed E-state index contributed by atoms with van der Waals surface area (Å²) in [5, 5.41) is 14.1. The van der Waals surface area contributed by atoms with Gasteiger partial charge in [0.15, 0.2) is 0 Å². The summed E-state index contributed by atoms with van der Waals surface area (Å²) in [6, 6.07) is 8.30. The Kier molecular flexibility index (Phi) is 2.53. The standard InChI is InChI=1S/C12H8ClN3O2/c13-7-3-4-10(17)8(6-7)12-15-11(16-18-12)9-2-1-5-14-9/h1-6,14,17H. The van der Waals surface area contributed by atoms with Crippen LogP contribution in [0.4, 0.5) is 0 Å². The Balaban J connectivity index is 2.05.